The Hall–Kier alpha value is -3.41. The lowest BCUT2D eigenvalue weighted by molar-refractivity contribution is -0.144. The Labute approximate surface area is 177 Å². The highest BCUT2D eigenvalue weighted by molar-refractivity contribution is 6.33. The van der Waals surface area contributed by atoms with Crippen LogP contribution in [0.15, 0.2) is 30.7 Å². The summed E-state index contributed by atoms with van der Waals surface area (Å²) in [4.78, 5) is 25.5. The molecule has 9 nitrogen and oxygen atoms in total. The number of aromatic nitrogens is 7. The van der Waals surface area contributed by atoms with Gasteiger partial charge in [0.15, 0.2) is 0 Å². The number of amides is 1. The molecule has 0 radical (unpaired) electrons. The average molecular weight is 451 g/mol. The van der Waals surface area contributed by atoms with Gasteiger partial charge in [-0.15, -0.1) is 5.10 Å². The zero-order chi connectivity index (χ0) is 21.9. The minimum absolute atomic E-state index is 0.231. The molecule has 0 aliphatic carbocycles. The first-order valence-electron chi connectivity index (χ1n) is 9.19. The van der Waals surface area contributed by atoms with Gasteiger partial charge in [0.25, 0.3) is 11.7 Å². The molecule has 1 aliphatic rings. The second-order valence-corrected chi connectivity index (χ2v) is 7.46. The molecule has 4 aromatic heterocycles. The number of hydrogen-bond acceptors (Lipinski definition) is 5. The molecule has 1 amide bonds. The third-order valence-corrected chi connectivity index (χ3v) is 5.46. The Balaban J connectivity index is 1.61. The van der Waals surface area contributed by atoms with Crippen molar-refractivity contribution in [3.05, 3.63) is 64.5 Å². The highest BCUT2D eigenvalue weighted by atomic mass is 35.5. The molecule has 1 N–H and O–H groups in total. The van der Waals surface area contributed by atoms with Gasteiger partial charge in [-0.05, 0) is 18.2 Å². The molecule has 5 heterocycles. The van der Waals surface area contributed by atoms with E-state index in [2.05, 4.69) is 25.1 Å². The summed E-state index contributed by atoms with van der Waals surface area (Å²) in [7, 11) is 1.25. The van der Waals surface area contributed by atoms with E-state index < -0.39 is 29.8 Å². The molecular formula is C18H14ClF3N8O. The lowest BCUT2D eigenvalue weighted by Gasteiger charge is -2.33. The van der Waals surface area contributed by atoms with Gasteiger partial charge in [-0.2, -0.15) is 23.3 Å². The van der Waals surface area contributed by atoms with E-state index in [9.17, 15) is 18.0 Å². The van der Waals surface area contributed by atoms with Crippen molar-refractivity contribution < 1.29 is 18.0 Å². The van der Waals surface area contributed by atoms with E-state index in [1.807, 2.05) is 0 Å². The fraction of sp³-hybridized carbons (Fsp3) is 0.278. The molecular weight excluding hydrogens is 437 g/mol. The fourth-order valence-electron chi connectivity index (χ4n) is 3.75. The van der Waals surface area contributed by atoms with Gasteiger partial charge in [0.1, 0.15) is 6.04 Å². The zero-order valence-corrected chi connectivity index (χ0v) is 16.7. The molecule has 13 heteroatoms. The first kappa shape index (κ1) is 19.5. The van der Waals surface area contributed by atoms with Crippen molar-refractivity contribution in [3.63, 3.8) is 0 Å². The summed E-state index contributed by atoms with van der Waals surface area (Å²) in [6, 6.07) is 4.44. The van der Waals surface area contributed by atoms with Gasteiger partial charge in [0.2, 0.25) is 5.82 Å². The standard InChI is InChI=1S/C18H14ClF3N8O/c1-28-15(25-17(27-28)18(20,21)22)16(31)29-6-4-10-13(24-8-23-10)14(29)11-7-12-9(19)3-2-5-30(12)26-11/h2-3,5,7-8,14H,4,6H2,1H3,(H,23,24). The maximum absolute atomic E-state index is 13.3. The smallest absolute Gasteiger partial charge is 0.348 e. The highest BCUT2D eigenvalue weighted by Gasteiger charge is 2.41. The van der Waals surface area contributed by atoms with Gasteiger partial charge in [-0.1, -0.05) is 11.6 Å². The first-order valence-corrected chi connectivity index (χ1v) is 9.57. The fourth-order valence-corrected chi connectivity index (χ4v) is 3.96. The number of nitrogens with one attached hydrogen (secondary N) is 1. The largest absolute Gasteiger partial charge is 0.453 e. The van der Waals surface area contributed by atoms with Gasteiger partial charge in [-0.3, -0.25) is 4.79 Å². The Morgan fingerprint density at radius 2 is 2.13 bits per heavy atom. The van der Waals surface area contributed by atoms with E-state index in [-0.39, 0.29) is 6.54 Å². The van der Waals surface area contributed by atoms with E-state index >= 15 is 0 Å². The van der Waals surface area contributed by atoms with Crippen LogP contribution in [-0.2, 0) is 19.6 Å². The quantitative estimate of drug-likeness (QED) is 0.506. The van der Waals surface area contributed by atoms with Crippen molar-refractivity contribution >= 4 is 23.0 Å². The van der Waals surface area contributed by atoms with E-state index in [0.717, 1.165) is 10.4 Å². The van der Waals surface area contributed by atoms with Gasteiger partial charge in [0, 0.05) is 31.9 Å². The van der Waals surface area contributed by atoms with Crippen LogP contribution in [0.4, 0.5) is 13.2 Å². The number of carbonyl (C=O) groups is 1. The molecule has 0 bridgehead atoms. The summed E-state index contributed by atoms with van der Waals surface area (Å²) in [5.74, 6) is -2.49. The lowest BCUT2D eigenvalue weighted by Crippen LogP contribution is -2.42. The maximum Gasteiger partial charge on any atom is 0.453 e. The summed E-state index contributed by atoms with van der Waals surface area (Å²) < 4.78 is 41.5. The number of hydrogen-bond donors (Lipinski definition) is 1. The van der Waals surface area contributed by atoms with Crippen LogP contribution in [0.5, 0.6) is 0 Å². The molecule has 0 aromatic carbocycles. The summed E-state index contributed by atoms with van der Waals surface area (Å²) in [5.41, 5.74) is 2.50. The van der Waals surface area contributed by atoms with Crippen LogP contribution in [0.25, 0.3) is 5.52 Å². The SMILES string of the molecule is Cn1nc(C(F)(F)F)nc1C(=O)N1CCc2[nH]cnc2C1c1cc2c(Cl)cccn2n1. The van der Waals surface area contributed by atoms with E-state index in [4.69, 9.17) is 11.6 Å². The number of H-pyrrole nitrogens is 1. The van der Waals surface area contributed by atoms with Gasteiger partial charge >= 0.3 is 6.18 Å². The van der Waals surface area contributed by atoms with E-state index in [0.29, 0.717) is 28.3 Å². The molecule has 1 aliphatic heterocycles. The summed E-state index contributed by atoms with van der Waals surface area (Å²) >= 11 is 6.26. The van der Waals surface area contributed by atoms with Crippen LogP contribution in [0.1, 0.15) is 39.6 Å². The van der Waals surface area contributed by atoms with Crippen molar-refractivity contribution in [2.45, 2.75) is 18.6 Å². The predicted molar refractivity (Wildman–Crippen MR) is 101 cm³/mol. The van der Waals surface area contributed by atoms with Crippen LogP contribution < -0.4 is 0 Å². The van der Waals surface area contributed by atoms with Crippen LogP contribution in [0.2, 0.25) is 5.02 Å². The first-order chi connectivity index (χ1) is 14.7. The number of aromatic amines is 1. The summed E-state index contributed by atoms with van der Waals surface area (Å²) in [5, 5.41) is 8.35. The lowest BCUT2D eigenvalue weighted by atomic mass is 9.99. The van der Waals surface area contributed by atoms with Crippen LogP contribution in [0, 0.1) is 0 Å². The monoisotopic (exact) mass is 450 g/mol. The summed E-state index contributed by atoms with van der Waals surface area (Å²) in [6.45, 7) is 0.231. The number of imidazole rings is 1. The number of nitrogens with zero attached hydrogens (tertiary/aromatic N) is 7. The molecule has 0 fully saturated rings. The minimum atomic E-state index is -4.76. The number of fused-ring (bicyclic) bond motifs is 2. The molecule has 160 valence electrons. The average Bonchev–Trinajstić information content (AvgIpc) is 3.44. The predicted octanol–water partition coefficient (Wildman–Crippen LogP) is 2.65. The topological polar surface area (TPSA) is 97.0 Å². The van der Waals surface area contributed by atoms with Crippen molar-refractivity contribution in [2.75, 3.05) is 6.54 Å². The van der Waals surface area contributed by atoms with Gasteiger partial charge in [0.05, 0.1) is 28.3 Å². The Bertz CT molecular complexity index is 1310. The number of rotatable bonds is 2. The molecule has 1 unspecified atom stereocenters. The van der Waals surface area contributed by atoms with E-state index in [1.165, 1.54) is 18.3 Å². The molecule has 31 heavy (non-hydrogen) atoms. The summed E-state index contributed by atoms with van der Waals surface area (Å²) in [6.07, 6.45) is -1.08. The Kier molecular flexibility index (Phi) is 4.29. The molecule has 4 aromatic rings. The molecule has 0 saturated heterocycles. The van der Waals surface area contributed by atoms with E-state index in [1.54, 1.807) is 28.9 Å². The maximum atomic E-state index is 13.3. The van der Waals surface area contributed by atoms with Crippen molar-refractivity contribution in [1.82, 2.24) is 39.2 Å². The minimum Gasteiger partial charge on any atom is -0.348 e. The third kappa shape index (κ3) is 3.14. The Morgan fingerprint density at radius 3 is 2.84 bits per heavy atom. The highest BCUT2D eigenvalue weighted by Crippen LogP contribution is 2.35. The van der Waals surface area contributed by atoms with Gasteiger partial charge < -0.3 is 9.88 Å². The van der Waals surface area contributed by atoms with Crippen LogP contribution >= 0.6 is 11.6 Å². The Morgan fingerprint density at radius 1 is 1.32 bits per heavy atom. The molecule has 5 rings (SSSR count). The second kappa shape index (κ2) is 6.80. The van der Waals surface area contributed by atoms with Gasteiger partial charge in [-0.25, -0.2) is 14.2 Å². The molecule has 0 saturated carbocycles. The number of aryl methyl sites for hydroxylation is 1. The third-order valence-electron chi connectivity index (χ3n) is 5.14. The molecule has 1 atom stereocenters. The van der Waals surface area contributed by atoms with Crippen LogP contribution in [0.3, 0.4) is 0 Å². The number of alkyl halides is 3. The number of halogens is 4. The number of pyridine rings is 1. The normalized spacial score (nSPS) is 16.7. The molecule has 0 spiro atoms. The zero-order valence-electron chi connectivity index (χ0n) is 15.9. The van der Waals surface area contributed by atoms with Crippen molar-refractivity contribution in [2.24, 2.45) is 7.05 Å². The van der Waals surface area contributed by atoms with Crippen molar-refractivity contribution in [3.8, 4) is 0 Å². The second-order valence-electron chi connectivity index (χ2n) is 7.05. The van der Waals surface area contributed by atoms with Crippen LogP contribution in [-0.4, -0.2) is 51.7 Å². The number of carbonyl (C=O) groups excluding carboxylic acids is 1. The van der Waals surface area contributed by atoms with Crippen molar-refractivity contribution in [1.29, 1.82) is 0 Å².